The first kappa shape index (κ1) is 17.7. The molecule has 3 heterocycles. The second-order valence-electron chi connectivity index (χ2n) is 7.30. The van der Waals surface area contributed by atoms with Gasteiger partial charge < -0.3 is 9.47 Å². The Hall–Kier alpha value is -2.69. The SMILES string of the molecule is CCn1c(C[C@H]2CCN(C(=O)CCc3ccccc3)C2)nc2cccnc21. The van der Waals surface area contributed by atoms with Crippen molar-refractivity contribution >= 4 is 17.1 Å². The van der Waals surface area contributed by atoms with E-state index in [1.807, 2.05) is 41.4 Å². The lowest BCUT2D eigenvalue weighted by Gasteiger charge is -2.17. The highest BCUT2D eigenvalue weighted by molar-refractivity contribution is 5.76. The van der Waals surface area contributed by atoms with Gasteiger partial charge in [-0.15, -0.1) is 0 Å². The summed E-state index contributed by atoms with van der Waals surface area (Å²) in [6, 6.07) is 14.2. The van der Waals surface area contributed by atoms with Gasteiger partial charge in [0.05, 0.1) is 0 Å². The molecule has 4 rings (SSSR count). The van der Waals surface area contributed by atoms with Crippen LogP contribution in [0.1, 0.15) is 31.2 Å². The van der Waals surface area contributed by atoms with Crippen LogP contribution in [0, 0.1) is 5.92 Å². The number of carbonyl (C=O) groups excluding carboxylic acids is 1. The van der Waals surface area contributed by atoms with Gasteiger partial charge in [0, 0.05) is 38.7 Å². The summed E-state index contributed by atoms with van der Waals surface area (Å²) in [6.45, 7) is 4.71. The Kier molecular flexibility index (Phi) is 5.19. The zero-order valence-corrected chi connectivity index (χ0v) is 15.8. The molecule has 1 atom stereocenters. The van der Waals surface area contributed by atoms with Crippen LogP contribution in [0.25, 0.3) is 11.2 Å². The van der Waals surface area contributed by atoms with Gasteiger partial charge in [-0.25, -0.2) is 9.97 Å². The predicted octanol–water partition coefficient (Wildman–Crippen LogP) is 3.48. The molecule has 0 aliphatic carbocycles. The lowest BCUT2D eigenvalue weighted by Crippen LogP contribution is -2.29. The zero-order valence-electron chi connectivity index (χ0n) is 15.8. The quantitative estimate of drug-likeness (QED) is 0.675. The van der Waals surface area contributed by atoms with Crippen molar-refractivity contribution in [3.8, 4) is 0 Å². The Morgan fingerprint density at radius 2 is 2.04 bits per heavy atom. The van der Waals surface area contributed by atoms with E-state index in [-0.39, 0.29) is 5.91 Å². The van der Waals surface area contributed by atoms with Crippen molar-refractivity contribution in [3.63, 3.8) is 0 Å². The molecule has 140 valence electrons. The number of carbonyl (C=O) groups is 1. The van der Waals surface area contributed by atoms with E-state index in [0.717, 1.165) is 55.9 Å². The van der Waals surface area contributed by atoms with Crippen molar-refractivity contribution in [2.45, 2.75) is 39.2 Å². The number of likely N-dealkylation sites (tertiary alicyclic amines) is 1. The van der Waals surface area contributed by atoms with E-state index in [1.165, 1.54) is 5.56 Å². The number of benzene rings is 1. The molecule has 3 aromatic rings. The molecule has 1 amide bonds. The molecule has 2 aromatic heterocycles. The van der Waals surface area contributed by atoms with Crippen LogP contribution in [0.15, 0.2) is 48.7 Å². The summed E-state index contributed by atoms with van der Waals surface area (Å²) in [4.78, 5) is 23.9. The maximum absolute atomic E-state index is 12.6. The number of hydrogen-bond acceptors (Lipinski definition) is 3. The molecule has 1 saturated heterocycles. The number of aromatic nitrogens is 3. The second-order valence-corrected chi connectivity index (χ2v) is 7.30. The van der Waals surface area contributed by atoms with Gasteiger partial charge in [0.2, 0.25) is 5.91 Å². The van der Waals surface area contributed by atoms with Crippen LogP contribution in [-0.2, 0) is 24.2 Å². The molecule has 1 fully saturated rings. The lowest BCUT2D eigenvalue weighted by molar-refractivity contribution is -0.130. The molecular weight excluding hydrogens is 336 g/mol. The van der Waals surface area contributed by atoms with Crippen LogP contribution in [0.3, 0.4) is 0 Å². The van der Waals surface area contributed by atoms with E-state index in [1.54, 1.807) is 0 Å². The normalized spacial score (nSPS) is 16.9. The Morgan fingerprint density at radius 1 is 1.19 bits per heavy atom. The zero-order chi connectivity index (χ0) is 18.6. The molecule has 5 heteroatoms. The van der Waals surface area contributed by atoms with E-state index in [4.69, 9.17) is 4.98 Å². The summed E-state index contributed by atoms with van der Waals surface area (Å²) in [5.74, 6) is 1.84. The Bertz CT molecular complexity index is 918. The topological polar surface area (TPSA) is 51.0 Å². The average Bonchev–Trinajstić information content (AvgIpc) is 3.31. The highest BCUT2D eigenvalue weighted by Crippen LogP contribution is 2.23. The van der Waals surface area contributed by atoms with Crippen LogP contribution >= 0.6 is 0 Å². The van der Waals surface area contributed by atoms with Gasteiger partial charge in [0.25, 0.3) is 0 Å². The fourth-order valence-corrected chi connectivity index (χ4v) is 4.03. The number of rotatable bonds is 6. The molecule has 1 aliphatic rings. The maximum atomic E-state index is 12.6. The fraction of sp³-hybridized carbons (Fsp3) is 0.409. The third-order valence-corrected chi connectivity index (χ3v) is 5.48. The Morgan fingerprint density at radius 3 is 2.85 bits per heavy atom. The van der Waals surface area contributed by atoms with Crippen molar-refractivity contribution in [3.05, 3.63) is 60.0 Å². The summed E-state index contributed by atoms with van der Waals surface area (Å²) < 4.78 is 2.20. The number of fused-ring (bicyclic) bond motifs is 1. The summed E-state index contributed by atoms with van der Waals surface area (Å²) in [5.41, 5.74) is 3.15. The highest BCUT2D eigenvalue weighted by atomic mass is 16.2. The first-order valence-corrected chi connectivity index (χ1v) is 9.86. The largest absolute Gasteiger partial charge is 0.342 e. The average molecular weight is 362 g/mol. The number of pyridine rings is 1. The van der Waals surface area contributed by atoms with E-state index >= 15 is 0 Å². The van der Waals surface area contributed by atoms with Crippen LogP contribution in [0.4, 0.5) is 0 Å². The molecule has 0 spiro atoms. The van der Waals surface area contributed by atoms with Gasteiger partial charge in [-0.3, -0.25) is 4.79 Å². The molecular formula is C22H26N4O. The standard InChI is InChI=1S/C22H26N4O/c1-2-26-20(24-19-9-6-13-23-22(19)26)15-18-12-14-25(16-18)21(27)11-10-17-7-4-3-5-8-17/h3-9,13,18H,2,10-12,14-16H2,1H3/t18-/m1/s1. The summed E-state index contributed by atoms with van der Waals surface area (Å²) in [7, 11) is 0. The van der Waals surface area contributed by atoms with E-state index in [9.17, 15) is 4.79 Å². The number of imidazole rings is 1. The van der Waals surface area contributed by atoms with E-state index in [2.05, 4.69) is 28.6 Å². The number of aryl methyl sites for hydroxylation is 2. The van der Waals surface area contributed by atoms with Crippen molar-refractivity contribution in [1.82, 2.24) is 19.4 Å². The minimum Gasteiger partial charge on any atom is -0.342 e. The highest BCUT2D eigenvalue weighted by Gasteiger charge is 2.27. The third-order valence-electron chi connectivity index (χ3n) is 5.48. The number of hydrogen-bond donors (Lipinski definition) is 0. The van der Waals surface area contributed by atoms with E-state index in [0.29, 0.717) is 12.3 Å². The maximum Gasteiger partial charge on any atom is 0.222 e. The van der Waals surface area contributed by atoms with Crippen LogP contribution < -0.4 is 0 Å². The molecule has 0 N–H and O–H groups in total. The van der Waals surface area contributed by atoms with Gasteiger partial charge in [-0.05, 0) is 43.4 Å². The summed E-state index contributed by atoms with van der Waals surface area (Å²) in [5, 5.41) is 0. The summed E-state index contributed by atoms with van der Waals surface area (Å²) in [6.07, 6.45) is 5.19. The minimum absolute atomic E-state index is 0.270. The number of amides is 1. The van der Waals surface area contributed by atoms with E-state index < -0.39 is 0 Å². The molecule has 1 aliphatic heterocycles. The smallest absolute Gasteiger partial charge is 0.222 e. The van der Waals surface area contributed by atoms with Crippen LogP contribution in [0.2, 0.25) is 0 Å². The number of nitrogens with zero attached hydrogens (tertiary/aromatic N) is 4. The minimum atomic E-state index is 0.270. The fourth-order valence-electron chi connectivity index (χ4n) is 4.03. The van der Waals surface area contributed by atoms with Crippen LogP contribution in [0.5, 0.6) is 0 Å². The first-order chi connectivity index (χ1) is 13.2. The van der Waals surface area contributed by atoms with Gasteiger partial charge in [0.1, 0.15) is 11.3 Å². The molecule has 0 bridgehead atoms. The molecule has 0 unspecified atom stereocenters. The van der Waals surface area contributed by atoms with Crippen molar-refractivity contribution in [2.24, 2.45) is 5.92 Å². The van der Waals surface area contributed by atoms with Gasteiger partial charge in [0.15, 0.2) is 5.65 Å². The van der Waals surface area contributed by atoms with Crippen molar-refractivity contribution < 1.29 is 4.79 Å². The van der Waals surface area contributed by atoms with Crippen LogP contribution in [-0.4, -0.2) is 38.4 Å². The predicted molar refractivity (Wildman–Crippen MR) is 106 cm³/mol. The van der Waals surface area contributed by atoms with Gasteiger partial charge in [-0.2, -0.15) is 0 Å². The molecule has 0 saturated carbocycles. The Balaban J connectivity index is 1.36. The van der Waals surface area contributed by atoms with Crippen molar-refractivity contribution in [1.29, 1.82) is 0 Å². The Labute approximate surface area is 160 Å². The first-order valence-electron chi connectivity index (χ1n) is 9.86. The monoisotopic (exact) mass is 362 g/mol. The van der Waals surface area contributed by atoms with Gasteiger partial charge in [-0.1, -0.05) is 30.3 Å². The third kappa shape index (κ3) is 3.87. The van der Waals surface area contributed by atoms with Gasteiger partial charge >= 0.3 is 0 Å². The van der Waals surface area contributed by atoms with Crippen molar-refractivity contribution in [2.75, 3.05) is 13.1 Å². The molecule has 5 nitrogen and oxygen atoms in total. The molecule has 0 radical (unpaired) electrons. The lowest BCUT2D eigenvalue weighted by atomic mass is 10.0. The second kappa shape index (κ2) is 7.91. The molecule has 27 heavy (non-hydrogen) atoms. The molecule has 1 aromatic carbocycles. The summed E-state index contributed by atoms with van der Waals surface area (Å²) >= 11 is 0.